The maximum absolute atomic E-state index is 6.27. The van der Waals surface area contributed by atoms with Crippen LogP contribution in [-0.2, 0) is 13.0 Å². The van der Waals surface area contributed by atoms with Crippen LogP contribution in [0.3, 0.4) is 0 Å². The van der Waals surface area contributed by atoms with E-state index in [9.17, 15) is 0 Å². The number of hydrogen-bond acceptors (Lipinski definition) is 3. The van der Waals surface area contributed by atoms with E-state index in [2.05, 4.69) is 34.4 Å². The van der Waals surface area contributed by atoms with Crippen LogP contribution >= 0.6 is 11.8 Å². The van der Waals surface area contributed by atoms with E-state index < -0.39 is 0 Å². The summed E-state index contributed by atoms with van der Waals surface area (Å²) in [7, 11) is 0. The maximum atomic E-state index is 6.27. The second-order valence-corrected chi connectivity index (χ2v) is 6.93. The van der Waals surface area contributed by atoms with Gasteiger partial charge in [0, 0.05) is 42.4 Å². The van der Waals surface area contributed by atoms with Crippen molar-refractivity contribution in [3.05, 3.63) is 18.2 Å². The van der Waals surface area contributed by atoms with Crippen LogP contribution in [0.5, 0.6) is 0 Å². The fraction of sp³-hybridized carbons (Fsp3) is 0.800. The Balaban J connectivity index is 1.73. The minimum atomic E-state index is 0.241. The number of aromatic nitrogens is 2. The summed E-state index contributed by atoms with van der Waals surface area (Å²) in [5.74, 6) is 2.22. The molecule has 0 aromatic carbocycles. The zero-order chi connectivity index (χ0) is 13.5. The largest absolute Gasteiger partial charge is 0.335 e. The van der Waals surface area contributed by atoms with E-state index in [4.69, 9.17) is 5.73 Å². The molecule has 1 aromatic rings. The second-order valence-electron chi connectivity index (χ2n) is 5.59. The Kier molecular flexibility index (Phi) is 6.24. The van der Waals surface area contributed by atoms with E-state index in [1.807, 2.05) is 6.20 Å². The first-order valence-electron chi connectivity index (χ1n) is 7.66. The van der Waals surface area contributed by atoms with Gasteiger partial charge in [-0.2, -0.15) is 11.8 Å². The van der Waals surface area contributed by atoms with Crippen molar-refractivity contribution in [1.29, 1.82) is 0 Å². The monoisotopic (exact) mass is 281 g/mol. The van der Waals surface area contributed by atoms with Gasteiger partial charge in [-0.15, -0.1) is 0 Å². The summed E-state index contributed by atoms with van der Waals surface area (Å²) in [5, 5.41) is 0.857. The smallest absolute Gasteiger partial charge is 0.110 e. The molecule has 0 bridgehead atoms. The number of nitrogens with two attached hydrogens (primary N) is 1. The summed E-state index contributed by atoms with van der Waals surface area (Å²) in [6.07, 6.45) is 13.1. The predicted octanol–water partition coefficient (Wildman–Crippen LogP) is 3.23. The first-order chi connectivity index (χ1) is 9.29. The zero-order valence-corrected chi connectivity index (χ0v) is 12.9. The lowest BCUT2D eigenvalue weighted by molar-refractivity contribution is 0.515. The van der Waals surface area contributed by atoms with Crippen molar-refractivity contribution in [2.45, 2.75) is 69.7 Å². The van der Waals surface area contributed by atoms with Gasteiger partial charge in [-0.3, -0.25) is 0 Å². The SMILES string of the molecule is CCCn1ccnc1CC(N)CSC1CCCCC1. The molecule has 19 heavy (non-hydrogen) atoms. The summed E-state index contributed by atoms with van der Waals surface area (Å²) in [5.41, 5.74) is 6.27. The fourth-order valence-electron chi connectivity index (χ4n) is 2.76. The van der Waals surface area contributed by atoms with Gasteiger partial charge in [0.05, 0.1) is 0 Å². The fourth-order valence-corrected chi connectivity index (χ4v) is 4.06. The molecular weight excluding hydrogens is 254 g/mol. The molecule has 3 nitrogen and oxygen atoms in total. The molecule has 0 saturated heterocycles. The quantitative estimate of drug-likeness (QED) is 0.834. The number of aryl methyl sites for hydroxylation is 1. The standard InChI is InChI=1S/C15H27N3S/c1-2-9-18-10-8-17-15(18)11-13(16)12-19-14-6-4-3-5-7-14/h8,10,13-14H,2-7,9,11-12,16H2,1H3. The van der Waals surface area contributed by atoms with Crippen LogP contribution < -0.4 is 5.73 Å². The van der Waals surface area contributed by atoms with Crippen LogP contribution in [0.2, 0.25) is 0 Å². The second kappa shape index (κ2) is 7.95. The van der Waals surface area contributed by atoms with E-state index in [1.165, 1.54) is 32.1 Å². The van der Waals surface area contributed by atoms with E-state index in [0.717, 1.165) is 36.2 Å². The molecule has 1 fully saturated rings. The van der Waals surface area contributed by atoms with Crippen molar-refractivity contribution < 1.29 is 0 Å². The van der Waals surface area contributed by atoms with Crippen molar-refractivity contribution in [3.8, 4) is 0 Å². The van der Waals surface area contributed by atoms with Gasteiger partial charge in [-0.25, -0.2) is 4.98 Å². The van der Waals surface area contributed by atoms with Crippen molar-refractivity contribution in [2.24, 2.45) is 5.73 Å². The van der Waals surface area contributed by atoms with Gasteiger partial charge in [0.25, 0.3) is 0 Å². The van der Waals surface area contributed by atoms with Crippen molar-refractivity contribution >= 4 is 11.8 Å². The van der Waals surface area contributed by atoms with Crippen LogP contribution in [0.1, 0.15) is 51.3 Å². The predicted molar refractivity (Wildman–Crippen MR) is 83.5 cm³/mol. The number of thioether (sulfide) groups is 1. The molecule has 2 rings (SSSR count). The number of nitrogens with zero attached hydrogens (tertiary/aromatic N) is 2. The lowest BCUT2D eigenvalue weighted by Gasteiger charge is -2.22. The summed E-state index contributed by atoms with van der Waals surface area (Å²) in [6.45, 7) is 3.25. The van der Waals surface area contributed by atoms with Gasteiger partial charge in [-0.1, -0.05) is 26.2 Å². The minimum Gasteiger partial charge on any atom is -0.335 e. The Morgan fingerprint density at radius 1 is 1.42 bits per heavy atom. The molecule has 0 amide bonds. The molecule has 0 radical (unpaired) electrons. The lowest BCUT2D eigenvalue weighted by Crippen LogP contribution is -2.28. The van der Waals surface area contributed by atoms with E-state index in [0.29, 0.717) is 0 Å². The average molecular weight is 281 g/mol. The molecule has 108 valence electrons. The highest BCUT2D eigenvalue weighted by Crippen LogP contribution is 2.28. The maximum Gasteiger partial charge on any atom is 0.110 e. The van der Waals surface area contributed by atoms with Gasteiger partial charge in [0.2, 0.25) is 0 Å². The van der Waals surface area contributed by atoms with Crippen LogP contribution in [0, 0.1) is 0 Å². The molecule has 0 aliphatic heterocycles. The Morgan fingerprint density at radius 2 is 2.21 bits per heavy atom. The van der Waals surface area contributed by atoms with Gasteiger partial charge < -0.3 is 10.3 Å². The zero-order valence-electron chi connectivity index (χ0n) is 12.1. The van der Waals surface area contributed by atoms with Crippen LogP contribution in [0.25, 0.3) is 0 Å². The summed E-state index contributed by atoms with van der Waals surface area (Å²) >= 11 is 2.08. The van der Waals surface area contributed by atoms with Gasteiger partial charge in [0.15, 0.2) is 0 Å². The van der Waals surface area contributed by atoms with E-state index >= 15 is 0 Å². The van der Waals surface area contributed by atoms with Crippen molar-refractivity contribution in [3.63, 3.8) is 0 Å². The van der Waals surface area contributed by atoms with Crippen molar-refractivity contribution in [2.75, 3.05) is 5.75 Å². The Morgan fingerprint density at radius 3 is 2.95 bits per heavy atom. The highest BCUT2D eigenvalue weighted by molar-refractivity contribution is 7.99. The van der Waals surface area contributed by atoms with Crippen LogP contribution in [0.15, 0.2) is 12.4 Å². The van der Waals surface area contributed by atoms with Gasteiger partial charge >= 0.3 is 0 Å². The molecule has 2 N–H and O–H groups in total. The molecule has 1 aromatic heterocycles. The molecule has 1 atom stereocenters. The molecule has 1 aliphatic carbocycles. The lowest BCUT2D eigenvalue weighted by atomic mass is 10.0. The Bertz CT molecular complexity index is 358. The first kappa shape index (κ1) is 14.9. The molecule has 0 spiro atoms. The molecule has 1 heterocycles. The number of imidazole rings is 1. The third kappa shape index (κ3) is 4.84. The van der Waals surface area contributed by atoms with Gasteiger partial charge in [-0.05, 0) is 19.3 Å². The Hall–Kier alpha value is -0.480. The summed E-state index contributed by atoms with van der Waals surface area (Å²) in [6, 6.07) is 0.241. The molecule has 1 saturated carbocycles. The van der Waals surface area contributed by atoms with Crippen LogP contribution in [-0.4, -0.2) is 26.6 Å². The third-order valence-electron chi connectivity index (χ3n) is 3.81. The van der Waals surface area contributed by atoms with Crippen LogP contribution in [0.4, 0.5) is 0 Å². The van der Waals surface area contributed by atoms with Crippen molar-refractivity contribution in [1.82, 2.24) is 9.55 Å². The number of hydrogen-bond donors (Lipinski definition) is 1. The molecule has 1 aliphatic rings. The third-order valence-corrected chi connectivity index (χ3v) is 5.37. The highest BCUT2D eigenvalue weighted by Gasteiger charge is 2.16. The van der Waals surface area contributed by atoms with Gasteiger partial charge in [0.1, 0.15) is 5.82 Å². The molecular formula is C15H27N3S. The summed E-state index contributed by atoms with van der Waals surface area (Å²) < 4.78 is 2.24. The topological polar surface area (TPSA) is 43.8 Å². The minimum absolute atomic E-state index is 0.241. The normalized spacial score (nSPS) is 18.6. The van der Waals surface area contributed by atoms with E-state index in [-0.39, 0.29) is 6.04 Å². The average Bonchev–Trinajstić information content (AvgIpc) is 2.85. The molecule has 1 unspecified atom stereocenters. The highest BCUT2D eigenvalue weighted by atomic mass is 32.2. The first-order valence-corrected chi connectivity index (χ1v) is 8.71. The van der Waals surface area contributed by atoms with E-state index in [1.54, 1.807) is 0 Å². The molecule has 4 heteroatoms. The Labute approximate surface area is 121 Å². The number of rotatable bonds is 7. The summed E-state index contributed by atoms with van der Waals surface area (Å²) in [4.78, 5) is 4.44.